The van der Waals surface area contributed by atoms with E-state index >= 15 is 0 Å². The number of rotatable bonds is 9. The summed E-state index contributed by atoms with van der Waals surface area (Å²) < 4.78 is 48.7. The Bertz CT molecular complexity index is 1130. The quantitative estimate of drug-likeness (QED) is 0.321. The molecule has 2 aliphatic rings. The van der Waals surface area contributed by atoms with E-state index < -0.39 is 23.1 Å². The van der Waals surface area contributed by atoms with Crippen LogP contribution < -0.4 is 5.73 Å². The summed E-state index contributed by atoms with van der Waals surface area (Å²) in [6.45, 7) is 6.03. The van der Waals surface area contributed by atoms with Gasteiger partial charge in [0.25, 0.3) is 0 Å². The van der Waals surface area contributed by atoms with Gasteiger partial charge in [0.2, 0.25) is 0 Å². The van der Waals surface area contributed by atoms with Crippen molar-refractivity contribution >= 4 is 11.7 Å². The van der Waals surface area contributed by atoms with E-state index in [9.17, 15) is 13.2 Å². The average molecular weight is 472 g/mol. The van der Waals surface area contributed by atoms with Crippen molar-refractivity contribution in [3.05, 3.63) is 82.6 Å². The van der Waals surface area contributed by atoms with Crippen molar-refractivity contribution in [3.63, 3.8) is 0 Å². The Balaban J connectivity index is 1.49. The van der Waals surface area contributed by atoms with Gasteiger partial charge in [-0.3, -0.25) is 0 Å². The molecule has 1 aliphatic heterocycles. The molecule has 0 saturated carbocycles. The van der Waals surface area contributed by atoms with Crippen LogP contribution in [-0.2, 0) is 17.3 Å². The standard InChI is InChI=1S/C25H28F3N5O/c1-17-12-21(13-17)31-23(32-24(29)25(27,28)19-4-6-20(26)7-5-19)22-14-18(15-30-22)16-34-11-10-33-8-2-3-9-33/h4-7,12-15,30H,2-3,8-11,16H2,1H3,(H2,29,31,32). The van der Waals surface area contributed by atoms with Gasteiger partial charge in [-0.05, 0) is 86.5 Å². The second-order valence-corrected chi connectivity index (χ2v) is 8.49. The van der Waals surface area contributed by atoms with Crippen molar-refractivity contribution < 1.29 is 17.9 Å². The molecule has 0 radical (unpaired) electrons. The van der Waals surface area contributed by atoms with Crippen molar-refractivity contribution in [2.45, 2.75) is 32.3 Å². The number of hydrogen-bond acceptors (Lipinski definition) is 3. The number of nitrogens with zero attached hydrogens (tertiary/aromatic N) is 3. The fourth-order valence-corrected chi connectivity index (χ4v) is 3.82. The normalized spacial score (nSPS) is 17.5. The summed E-state index contributed by atoms with van der Waals surface area (Å²) >= 11 is 0. The Morgan fingerprint density at radius 3 is 2.56 bits per heavy atom. The number of nitrogens with one attached hydrogen (secondary N) is 1. The van der Waals surface area contributed by atoms with Gasteiger partial charge < -0.3 is 20.4 Å². The highest BCUT2D eigenvalue weighted by molar-refractivity contribution is 6.07. The van der Waals surface area contributed by atoms with Gasteiger partial charge in [-0.2, -0.15) is 8.78 Å². The van der Waals surface area contributed by atoms with E-state index in [1.165, 1.54) is 12.8 Å². The second-order valence-electron chi connectivity index (χ2n) is 8.49. The molecule has 0 unspecified atom stereocenters. The highest BCUT2D eigenvalue weighted by atomic mass is 19.3. The molecule has 3 N–H and O–H groups in total. The SMILES string of the molecule is CC1=CC(N=C(N=C(N)C(F)(F)c2ccc(F)cc2)c2cc(COCCN3CCCC3)c[nH]2)=C1. The fourth-order valence-electron chi connectivity index (χ4n) is 3.82. The molecule has 2 aromatic rings. The van der Waals surface area contributed by atoms with E-state index in [0.29, 0.717) is 24.6 Å². The van der Waals surface area contributed by atoms with Crippen LogP contribution in [0.25, 0.3) is 0 Å². The number of likely N-dealkylation sites (tertiary alicyclic amines) is 1. The molecule has 0 spiro atoms. The molecule has 180 valence electrons. The third-order valence-corrected chi connectivity index (χ3v) is 5.74. The number of H-pyrrole nitrogens is 1. The third kappa shape index (κ3) is 5.84. The average Bonchev–Trinajstić information content (AvgIpc) is 3.47. The van der Waals surface area contributed by atoms with Crippen LogP contribution in [0.3, 0.4) is 0 Å². The van der Waals surface area contributed by atoms with Crippen LogP contribution in [0.2, 0.25) is 0 Å². The highest BCUT2D eigenvalue weighted by Crippen LogP contribution is 2.29. The Labute approximate surface area is 196 Å². The predicted molar refractivity (Wildman–Crippen MR) is 126 cm³/mol. The number of halogens is 3. The largest absolute Gasteiger partial charge is 0.382 e. The Morgan fingerprint density at radius 1 is 1.18 bits per heavy atom. The van der Waals surface area contributed by atoms with E-state index in [2.05, 4.69) is 19.9 Å². The van der Waals surface area contributed by atoms with E-state index in [-0.39, 0.29) is 5.84 Å². The summed E-state index contributed by atoms with van der Waals surface area (Å²) in [5.74, 6) is -5.12. The number of amidine groups is 2. The number of alkyl halides is 2. The zero-order valence-corrected chi connectivity index (χ0v) is 19.0. The minimum absolute atomic E-state index is 0.0256. The van der Waals surface area contributed by atoms with Crippen LogP contribution in [0.15, 0.2) is 69.9 Å². The van der Waals surface area contributed by atoms with Crippen LogP contribution in [0.5, 0.6) is 0 Å². The van der Waals surface area contributed by atoms with Gasteiger partial charge in [0.1, 0.15) is 5.82 Å². The molecule has 1 aromatic heterocycles. The second kappa shape index (κ2) is 10.4. The molecule has 1 aromatic carbocycles. The van der Waals surface area contributed by atoms with Gasteiger partial charge in [-0.25, -0.2) is 14.4 Å². The lowest BCUT2D eigenvalue weighted by Gasteiger charge is -2.16. The number of aromatic nitrogens is 1. The van der Waals surface area contributed by atoms with Crippen LogP contribution in [0.1, 0.15) is 36.6 Å². The summed E-state index contributed by atoms with van der Waals surface area (Å²) in [6.07, 6.45) is 7.83. The Morgan fingerprint density at radius 2 is 1.88 bits per heavy atom. The predicted octanol–water partition coefficient (Wildman–Crippen LogP) is 4.51. The molecule has 6 nitrogen and oxygen atoms in total. The van der Waals surface area contributed by atoms with E-state index in [1.807, 2.05) is 19.1 Å². The molecule has 34 heavy (non-hydrogen) atoms. The maximum absolute atomic E-state index is 14.9. The van der Waals surface area contributed by atoms with E-state index in [0.717, 1.165) is 55.0 Å². The molecule has 1 fully saturated rings. The van der Waals surface area contributed by atoms with Crippen molar-refractivity contribution in [3.8, 4) is 0 Å². The minimum Gasteiger partial charge on any atom is -0.382 e. The lowest BCUT2D eigenvalue weighted by molar-refractivity contribution is 0.0745. The Kier molecular flexibility index (Phi) is 7.33. The number of benzene rings is 1. The maximum atomic E-state index is 14.9. The van der Waals surface area contributed by atoms with Crippen molar-refractivity contribution in [2.24, 2.45) is 15.7 Å². The highest BCUT2D eigenvalue weighted by Gasteiger charge is 2.37. The first-order valence-electron chi connectivity index (χ1n) is 11.3. The summed E-state index contributed by atoms with van der Waals surface area (Å²) in [7, 11) is 0. The van der Waals surface area contributed by atoms with E-state index in [1.54, 1.807) is 12.3 Å². The van der Waals surface area contributed by atoms with Crippen molar-refractivity contribution in [1.29, 1.82) is 0 Å². The number of nitrogens with two attached hydrogens (primary N) is 1. The topological polar surface area (TPSA) is 79.0 Å². The first kappa shape index (κ1) is 24.0. The summed E-state index contributed by atoms with van der Waals surface area (Å²) in [5, 5.41) is 0. The molecule has 1 saturated heterocycles. The summed E-state index contributed by atoms with van der Waals surface area (Å²) in [4.78, 5) is 13.8. The number of allylic oxidation sites excluding steroid dienone is 3. The monoisotopic (exact) mass is 471 g/mol. The third-order valence-electron chi connectivity index (χ3n) is 5.74. The number of aliphatic imine (C=N–C) groups is 2. The molecule has 0 bridgehead atoms. The molecule has 0 amide bonds. The number of ether oxygens (including phenoxy) is 1. The van der Waals surface area contributed by atoms with Crippen LogP contribution >= 0.6 is 0 Å². The van der Waals surface area contributed by atoms with Gasteiger partial charge in [0.15, 0.2) is 11.7 Å². The molecule has 9 heteroatoms. The minimum atomic E-state index is -3.59. The van der Waals surface area contributed by atoms with Gasteiger partial charge in [-0.1, -0.05) is 0 Å². The zero-order chi connectivity index (χ0) is 24.1. The molecule has 4 rings (SSSR count). The molecule has 0 atom stereocenters. The molecule has 2 heterocycles. The smallest absolute Gasteiger partial charge is 0.329 e. The first-order valence-corrected chi connectivity index (χ1v) is 11.3. The fraction of sp³-hybridized carbons (Fsp3) is 0.360. The molecular formula is C25H28F3N5O. The lowest BCUT2D eigenvalue weighted by atomic mass is 10.1. The first-order chi connectivity index (χ1) is 16.3. The maximum Gasteiger partial charge on any atom is 0.329 e. The van der Waals surface area contributed by atoms with Crippen molar-refractivity contribution in [1.82, 2.24) is 9.88 Å². The van der Waals surface area contributed by atoms with Crippen LogP contribution in [0.4, 0.5) is 13.2 Å². The zero-order valence-electron chi connectivity index (χ0n) is 19.0. The van der Waals surface area contributed by atoms with Crippen molar-refractivity contribution in [2.75, 3.05) is 26.2 Å². The van der Waals surface area contributed by atoms with Gasteiger partial charge in [0, 0.05) is 18.3 Å². The molecule has 1 aliphatic carbocycles. The van der Waals surface area contributed by atoms with Gasteiger partial charge >= 0.3 is 5.92 Å². The lowest BCUT2D eigenvalue weighted by Crippen LogP contribution is -2.34. The van der Waals surface area contributed by atoms with Crippen LogP contribution in [0, 0.1) is 5.82 Å². The van der Waals surface area contributed by atoms with E-state index in [4.69, 9.17) is 10.5 Å². The summed E-state index contributed by atoms with van der Waals surface area (Å²) in [6, 6.07) is 5.65. The Hall–Kier alpha value is -3.17. The number of hydrogen-bond donors (Lipinski definition) is 2. The van der Waals surface area contributed by atoms with Gasteiger partial charge in [-0.15, -0.1) is 0 Å². The summed E-state index contributed by atoms with van der Waals surface area (Å²) in [5.41, 5.74) is 8.19. The van der Waals surface area contributed by atoms with Gasteiger partial charge in [0.05, 0.1) is 24.6 Å². The number of aromatic amines is 1. The molecular weight excluding hydrogens is 443 g/mol. The van der Waals surface area contributed by atoms with Crippen LogP contribution in [-0.4, -0.2) is 47.8 Å².